The summed E-state index contributed by atoms with van der Waals surface area (Å²) in [4.78, 5) is 10.0. The third-order valence-corrected chi connectivity index (χ3v) is 1.88. The predicted molar refractivity (Wildman–Crippen MR) is 52.5 cm³/mol. The zero-order valence-corrected chi connectivity index (χ0v) is 7.70. The minimum absolute atomic E-state index is 0.127. The Balaban J connectivity index is 3.20. The lowest BCUT2D eigenvalue weighted by molar-refractivity contribution is -0.384. The average Bonchev–Trinajstić information content (AvgIpc) is 2.03. The van der Waals surface area contributed by atoms with Gasteiger partial charge in [-0.1, -0.05) is 12.2 Å². The first-order valence-corrected chi connectivity index (χ1v) is 3.93. The average molecular weight is 177 g/mol. The Kier molecular flexibility index (Phi) is 2.46. The molecule has 0 fully saturated rings. The molecule has 1 aromatic carbocycles. The molecular weight excluding hydrogens is 166 g/mol. The molecule has 0 aliphatic rings. The van der Waals surface area contributed by atoms with E-state index in [1.165, 1.54) is 6.07 Å². The normalized spacial score (nSPS) is 9.69. The Morgan fingerprint density at radius 1 is 1.54 bits per heavy atom. The Hall–Kier alpha value is -1.64. The fourth-order valence-corrected chi connectivity index (χ4v) is 1.24. The van der Waals surface area contributed by atoms with Crippen LogP contribution in [0.25, 0.3) is 5.57 Å². The number of nitro groups is 1. The van der Waals surface area contributed by atoms with Crippen LogP contribution in [0.3, 0.4) is 0 Å². The first-order valence-electron chi connectivity index (χ1n) is 3.93. The number of allylic oxidation sites excluding steroid dienone is 1. The van der Waals surface area contributed by atoms with Gasteiger partial charge in [-0.3, -0.25) is 10.1 Å². The van der Waals surface area contributed by atoms with Crippen LogP contribution in [0.2, 0.25) is 0 Å². The molecule has 13 heavy (non-hydrogen) atoms. The number of nitrogens with zero attached hydrogens (tertiary/aromatic N) is 1. The maximum Gasteiger partial charge on any atom is 0.269 e. The third kappa shape index (κ3) is 1.93. The molecular formula is C10H11NO2. The molecule has 0 N–H and O–H groups in total. The van der Waals surface area contributed by atoms with Gasteiger partial charge in [0.1, 0.15) is 0 Å². The van der Waals surface area contributed by atoms with Gasteiger partial charge in [0.25, 0.3) is 5.69 Å². The van der Waals surface area contributed by atoms with Crippen LogP contribution in [0.5, 0.6) is 0 Å². The van der Waals surface area contributed by atoms with Crippen molar-refractivity contribution in [3.63, 3.8) is 0 Å². The molecule has 0 amide bonds. The topological polar surface area (TPSA) is 43.1 Å². The van der Waals surface area contributed by atoms with Crippen molar-refractivity contribution in [2.24, 2.45) is 0 Å². The SMILES string of the molecule is C=C(C)c1ccc([N+](=O)[O-])cc1C. The second kappa shape index (κ2) is 3.39. The van der Waals surface area contributed by atoms with Gasteiger partial charge in [-0.25, -0.2) is 0 Å². The minimum Gasteiger partial charge on any atom is -0.258 e. The van der Waals surface area contributed by atoms with E-state index in [9.17, 15) is 10.1 Å². The van der Waals surface area contributed by atoms with Crippen molar-refractivity contribution >= 4 is 11.3 Å². The Morgan fingerprint density at radius 3 is 2.54 bits per heavy atom. The molecule has 0 aliphatic heterocycles. The van der Waals surface area contributed by atoms with Crippen molar-refractivity contribution in [3.8, 4) is 0 Å². The van der Waals surface area contributed by atoms with Crippen LogP contribution in [0, 0.1) is 17.0 Å². The molecule has 0 saturated heterocycles. The van der Waals surface area contributed by atoms with Crippen molar-refractivity contribution in [2.45, 2.75) is 13.8 Å². The van der Waals surface area contributed by atoms with Crippen LogP contribution in [0.4, 0.5) is 5.69 Å². The van der Waals surface area contributed by atoms with Crippen molar-refractivity contribution < 1.29 is 4.92 Å². The molecule has 0 heterocycles. The number of non-ortho nitro benzene ring substituents is 1. The Bertz CT molecular complexity index is 369. The van der Waals surface area contributed by atoms with E-state index < -0.39 is 4.92 Å². The summed E-state index contributed by atoms with van der Waals surface area (Å²) < 4.78 is 0. The zero-order valence-electron chi connectivity index (χ0n) is 7.70. The van der Waals surface area contributed by atoms with Gasteiger partial charge in [0.2, 0.25) is 0 Å². The number of nitro benzene ring substituents is 1. The third-order valence-electron chi connectivity index (χ3n) is 1.88. The molecule has 1 aromatic rings. The van der Waals surface area contributed by atoms with E-state index in [0.29, 0.717) is 0 Å². The summed E-state index contributed by atoms with van der Waals surface area (Å²) >= 11 is 0. The molecule has 68 valence electrons. The maximum absolute atomic E-state index is 10.4. The van der Waals surface area contributed by atoms with Crippen LogP contribution in [0.1, 0.15) is 18.1 Å². The van der Waals surface area contributed by atoms with E-state index in [1.807, 2.05) is 13.8 Å². The molecule has 3 nitrogen and oxygen atoms in total. The molecule has 0 aliphatic carbocycles. The smallest absolute Gasteiger partial charge is 0.258 e. The van der Waals surface area contributed by atoms with Crippen molar-refractivity contribution in [1.29, 1.82) is 0 Å². The van der Waals surface area contributed by atoms with Gasteiger partial charge >= 0.3 is 0 Å². The first-order chi connectivity index (χ1) is 6.02. The highest BCUT2D eigenvalue weighted by Gasteiger charge is 2.07. The number of hydrogen-bond donors (Lipinski definition) is 0. The standard InChI is InChI=1S/C10H11NO2/c1-7(2)10-5-4-9(11(12)13)6-8(10)3/h4-6H,1H2,2-3H3. The molecule has 1 rings (SSSR count). The van der Waals surface area contributed by atoms with Crippen LogP contribution in [-0.2, 0) is 0 Å². The van der Waals surface area contributed by atoms with Crippen molar-refractivity contribution in [2.75, 3.05) is 0 Å². The fraction of sp³-hybridized carbons (Fsp3) is 0.200. The van der Waals surface area contributed by atoms with Gasteiger partial charge in [0.15, 0.2) is 0 Å². The van der Waals surface area contributed by atoms with Gasteiger partial charge in [0, 0.05) is 12.1 Å². The summed E-state index contributed by atoms with van der Waals surface area (Å²) in [6.07, 6.45) is 0. The van der Waals surface area contributed by atoms with Crippen LogP contribution in [0.15, 0.2) is 24.8 Å². The van der Waals surface area contributed by atoms with Gasteiger partial charge in [-0.2, -0.15) is 0 Å². The molecule has 0 spiro atoms. The highest BCUT2D eigenvalue weighted by atomic mass is 16.6. The lowest BCUT2D eigenvalue weighted by Gasteiger charge is -2.03. The summed E-state index contributed by atoms with van der Waals surface area (Å²) in [5.41, 5.74) is 2.92. The quantitative estimate of drug-likeness (QED) is 0.515. The molecule has 0 saturated carbocycles. The zero-order chi connectivity index (χ0) is 10.0. The lowest BCUT2D eigenvalue weighted by Crippen LogP contribution is -1.91. The van der Waals surface area contributed by atoms with Gasteiger partial charge in [-0.05, 0) is 31.0 Å². The lowest BCUT2D eigenvalue weighted by atomic mass is 10.0. The Morgan fingerprint density at radius 2 is 2.15 bits per heavy atom. The predicted octanol–water partition coefficient (Wildman–Crippen LogP) is 2.94. The molecule has 0 atom stereocenters. The van der Waals surface area contributed by atoms with Crippen LogP contribution >= 0.6 is 0 Å². The van der Waals surface area contributed by atoms with Gasteiger partial charge in [0.05, 0.1) is 4.92 Å². The molecule has 0 aromatic heterocycles. The fourth-order valence-electron chi connectivity index (χ4n) is 1.24. The van der Waals surface area contributed by atoms with Gasteiger partial charge < -0.3 is 0 Å². The number of rotatable bonds is 2. The Labute approximate surface area is 76.9 Å². The summed E-state index contributed by atoms with van der Waals surface area (Å²) in [5, 5.41) is 10.4. The maximum atomic E-state index is 10.4. The molecule has 0 unspecified atom stereocenters. The highest BCUT2D eigenvalue weighted by molar-refractivity contribution is 5.65. The van der Waals surface area contributed by atoms with E-state index in [0.717, 1.165) is 16.7 Å². The summed E-state index contributed by atoms with van der Waals surface area (Å²) in [7, 11) is 0. The van der Waals surface area contributed by atoms with E-state index in [2.05, 4.69) is 6.58 Å². The van der Waals surface area contributed by atoms with Crippen LogP contribution < -0.4 is 0 Å². The highest BCUT2D eigenvalue weighted by Crippen LogP contribution is 2.21. The molecule has 0 radical (unpaired) electrons. The van der Waals surface area contributed by atoms with Crippen molar-refractivity contribution in [1.82, 2.24) is 0 Å². The van der Waals surface area contributed by atoms with E-state index in [4.69, 9.17) is 0 Å². The minimum atomic E-state index is -0.394. The van der Waals surface area contributed by atoms with E-state index in [1.54, 1.807) is 12.1 Å². The second-order valence-corrected chi connectivity index (χ2v) is 3.04. The summed E-state index contributed by atoms with van der Waals surface area (Å²) in [6.45, 7) is 7.52. The monoisotopic (exact) mass is 177 g/mol. The van der Waals surface area contributed by atoms with E-state index >= 15 is 0 Å². The van der Waals surface area contributed by atoms with Crippen molar-refractivity contribution in [3.05, 3.63) is 46.0 Å². The summed E-state index contributed by atoms with van der Waals surface area (Å²) in [5.74, 6) is 0. The number of hydrogen-bond acceptors (Lipinski definition) is 2. The van der Waals surface area contributed by atoms with Crippen LogP contribution in [-0.4, -0.2) is 4.92 Å². The number of aryl methyl sites for hydroxylation is 1. The second-order valence-electron chi connectivity index (χ2n) is 3.04. The molecule has 3 heteroatoms. The summed E-state index contributed by atoms with van der Waals surface area (Å²) in [6, 6.07) is 4.79. The first kappa shape index (κ1) is 9.45. The van der Waals surface area contributed by atoms with E-state index in [-0.39, 0.29) is 5.69 Å². The van der Waals surface area contributed by atoms with Gasteiger partial charge in [-0.15, -0.1) is 0 Å². The number of benzene rings is 1. The largest absolute Gasteiger partial charge is 0.269 e. The molecule has 0 bridgehead atoms.